The highest BCUT2D eigenvalue weighted by Crippen LogP contribution is 2.24. The number of phenols is 1. The van der Waals surface area contributed by atoms with E-state index in [0.29, 0.717) is 5.75 Å². The van der Waals surface area contributed by atoms with Crippen molar-refractivity contribution >= 4 is 10.9 Å². The lowest BCUT2D eigenvalue weighted by Crippen LogP contribution is -1.73. The van der Waals surface area contributed by atoms with Crippen molar-refractivity contribution < 1.29 is 5.11 Å². The maximum Gasteiger partial charge on any atom is 0.125 e. The number of fused-ring (bicyclic) bond motifs is 1. The van der Waals surface area contributed by atoms with Gasteiger partial charge in [0.15, 0.2) is 0 Å². The molecule has 2 aromatic rings. The molecular weight excluding hydrogens is 162 g/mol. The lowest BCUT2D eigenvalue weighted by Gasteiger charge is -1.96. The third-order valence-electron chi connectivity index (χ3n) is 1.79. The fraction of sp³-hybridized carbons (Fsp3) is 0.273. The first kappa shape index (κ1) is 9.65. The molecule has 0 saturated heterocycles. The van der Waals surface area contributed by atoms with Crippen LogP contribution >= 0.6 is 0 Å². The Morgan fingerprint density at radius 2 is 1.92 bits per heavy atom. The van der Waals surface area contributed by atoms with Crippen LogP contribution in [0.2, 0.25) is 0 Å². The van der Waals surface area contributed by atoms with Crippen LogP contribution in [0.15, 0.2) is 24.4 Å². The Morgan fingerprint density at radius 3 is 2.62 bits per heavy atom. The summed E-state index contributed by atoms with van der Waals surface area (Å²) < 4.78 is 0. The molecule has 0 unspecified atom stereocenters. The van der Waals surface area contributed by atoms with Gasteiger partial charge in [-0.1, -0.05) is 13.8 Å². The number of aromatic nitrogens is 1. The SMILES string of the molecule is CC.Cc1cc(O)c2cc[nH]c2c1. The molecule has 0 atom stereocenters. The zero-order chi connectivity index (χ0) is 9.84. The summed E-state index contributed by atoms with van der Waals surface area (Å²) in [6, 6.07) is 5.63. The van der Waals surface area contributed by atoms with Crippen molar-refractivity contribution in [1.82, 2.24) is 4.98 Å². The number of hydrogen-bond donors (Lipinski definition) is 2. The number of aromatic hydroxyl groups is 1. The molecule has 0 saturated carbocycles. The van der Waals surface area contributed by atoms with Gasteiger partial charge in [0, 0.05) is 17.1 Å². The van der Waals surface area contributed by atoms with E-state index in [0.717, 1.165) is 16.5 Å². The molecule has 1 heterocycles. The molecule has 1 aromatic heterocycles. The number of phenolic OH excluding ortho intramolecular Hbond substituents is 1. The van der Waals surface area contributed by atoms with Crippen LogP contribution < -0.4 is 0 Å². The first-order chi connectivity index (χ1) is 6.27. The van der Waals surface area contributed by atoms with Gasteiger partial charge < -0.3 is 10.1 Å². The van der Waals surface area contributed by atoms with Gasteiger partial charge in [-0.05, 0) is 30.7 Å². The molecule has 0 aliphatic carbocycles. The Labute approximate surface area is 78.2 Å². The van der Waals surface area contributed by atoms with Crippen molar-refractivity contribution in [2.75, 3.05) is 0 Å². The summed E-state index contributed by atoms with van der Waals surface area (Å²) in [4.78, 5) is 3.04. The summed E-state index contributed by atoms with van der Waals surface area (Å²) >= 11 is 0. The van der Waals surface area contributed by atoms with Gasteiger partial charge >= 0.3 is 0 Å². The second kappa shape index (κ2) is 3.99. The molecule has 1 aromatic carbocycles. The quantitative estimate of drug-likeness (QED) is 0.637. The van der Waals surface area contributed by atoms with Crippen molar-refractivity contribution in [3.8, 4) is 5.75 Å². The van der Waals surface area contributed by atoms with Crippen molar-refractivity contribution in [3.63, 3.8) is 0 Å². The van der Waals surface area contributed by atoms with Crippen LogP contribution in [-0.4, -0.2) is 10.1 Å². The van der Waals surface area contributed by atoms with Crippen LogP contribution in [0, 0.1) is 6.92 Å². The maximum absolute atomic E-state index is 9.42. The predicted octanol–water partition coefficient (Wildman–Crippen LogP) is 3.21. The van der Waals surface area contributed by atoms with Crippen LogP contribution in [-0.2, 0) is 0 Å². The lowest BCUT2D eigenvalue weighted by atomic mass is 10.2. The Morgan fingerprint density at radius 1 is 1.23 bits per heavy atom. The summed E-state index contributed by atoms with van der Waals surface area (Å²) in [5.74, 6) is 0.348. The van der Waals surface area contributed by atoms with Crippen molar-refractivity contribution in [2.24, 2.45) is 0 Å². The van der Waals surface area contributed by atoms with Gasteiger partial charge in [0.05, 0.1) is 0 Å². The molecule has 0 fully saturated rings. The van der Waals surface area contributed by atoms with E-state index in [1.54, 1.807) is 6.07 Å². The van der Waals surface area contributed by atoms with Crippen LogP contribution in [0.4, 0.5) is 0 Å². The van der Waals surface area contributed by atoms with Gasteiger partial charge in [-0.25, -0.2) is 0 Å². The Balaban J connectivity index is 0.000000396. The van der Waals surface area contributed by atoms with Crippen LogP contribution in [0.3, 0.4) is 0 Å². The largest absolute Gasteiger partial charge is 0.507 e. The van der Waals surface area contributed by atoms with Gasteiger partial charge in [-0.3, -0.25) is 0 Å². The summed E-state index contributed by atoms with van der Waals surface area (Å²) in [5.41, 5.74) is 2.06. The van der Waals surface area contributed by atoms with Gasteiger partial charge in [0.25, 0.3) is 0 Å². The second-order valence-electron chi connectivity index (χ2n) is 2.72. The summed E-state index contributed by atoms with van der Waals surface area (Å²) in [7, 11) is 0. The zero-order valence-electron chi connectivity index (χ0n) is 8.26. The standard InChI is InChI=1S/C9H9NO.C2H6/c1-6-4-8-7(2-3-10-8)9(11)5-6;1-2/h2-5,10-11H,1H3;1-2H3. The number of hydrogen-bond acceptors (Lipinski definition) is 1. The third-order valence-corrected chi connectivity index (χ3v) is 1.79. The molecule has 0 radical (unpaired) electrons. The highest BCUT2D eigenvalue weighted by Gasteiger charge is 1.99. The van der Waals surface area contributed by atoms with E-state index < -0.39 is 0 Å². The monoisotopic (exact) mass is 177 g/mol. The van der Waals surface area contributed by atoms with Crippen molar-refractivity contribution in [1.29, 1.82) is 0 Å². The number of rotatable bonds is 0. The third kappa shape index (κ3) is 1.83. The van der Waals surface area contributed by atoms with Crippen molar-refractivity contribution in [3.05, 3.63) is 30.0 Å². The van der Waals surface area contributed by atoms with Gasteiger partial charge in [0.2, 0.25) is 0 Å². The summed E-state index contributed by atoms with van der Waals surface area (Å²) in [5, 5.41) is 10.3. The fourth-order valence-corrected chi connectivity index (χ4v) is 1.29. The molecule has 70 valence electrons. The zero-order valence-corrected chi connectivity index (χ0v) is 8.26. The Hall–Kier alpha value is -1.44. The first-order valence-corrected chi connectivity index (χ1v) is 4.54. The molecule has 2 N–H and O–H groups in total. The molecule has 0 bridgehead atoms. The van der Waals surface area contributed by atoms with E-state index in [-0.39, 0.29) is 0 Å². The number of aryl methyl sites for hydroxylation is 1. The van der Waals surface area contributed by atoms with Gasteiger partial charge in [-0.2, -0.15) is 0 Å². The van der Waals surface area contributed by atoms with Crippen LogP contribution in [0.5, 0.6) is 5.75 Å². The predicted molar refractivity (Wildman–Crippen MR) is 56.0 cm³/mol. The van der Waals surface area contributed by atoms with E-state index in [9.17, 15) is 5.11 Å². The van der Waals surface area contributed by atoms with E-state index >= 15 is 0 Å². The minimum absolute atomic E-state index is 0.348. The van der Waals surface area contributed by atoms with Crippen LogP contribution in [0.1, 0.15) is 19.4 Å². The molecule has 2 nitrogen and oxygen atoms in total. The van der Waals surface area contributed by atoms with E-state index in [4.69, 9.17) is 0 Å². The lowest BCUT2D eigenvalue weighted by molar-refractivity contribution is 0.481. The number of aromatic amines is 1. The number of H-pyrrole nitrogens is 1. The van der Waals surface area contributed by atoms with Crippen LogP contribution in [0.25, 0.3) is 10.9 Å². The minimum atomic E-state index is 0.348. The molecule has 0 aliphatic rings. The average Bonchev–Trinajstić information content (AvgIpc) is 2.55. The molecule has 0 amide bonds. The first-order valence-electron chi connectivity index (χ1n) is 4.54. The molecule has 0 spiro atoms. The average molecular weight is 177 g/mol. The van der Waals surface area contributed by atoms with Crippen molar-refractivity contribution in [2.45, 2.75) is 20.8 Å². The second-order valence-corrected chi connectivity index (χ2v) is 2.72. The minimum Gasteiger partial charge on any atom is -0.507 e. The number of benzene rings is 1. The highest BCUT2D eigenvalue weighted by molar-refractivity contribution is 5.86. The maximum atomic E-state index is 9.42. The molecule has 2 rings (SSSR count). The normalized spacial score (nSPS) is 9.46. The topological polar surface area (TPSA) is 36.0 Å². The van der Waals surface area contributed by atoms with E-state index in [2.05, 4.69) is 4.98 Å². The number of nitrogens with one attached hydrogen (secondary N) is 1. The van der Waals surface area contributed by atoms with E-state index in [1.807, 2.05) is 39.1 Å². The summed E-state index contributed by atoms with van der Waals surface area (Å²) in [6.07, 6.45) is 1.82. The highest BCUT2D eigenvalue weighted by atomic mass is 16.3. The Bertz CT molecular complexity index is 390. The molecule has 0 aliphatic heterocycles. The fourth-order valence-electron chi connectivity index (χ4n) is 1.29. The molecular formula is C11H15NO. The van der Waals surface area contributed by atoms with E-state index in [1.165, 1.54) is 0 Å². The van der Waals surface area contributed by atoms with Gasteiger partial charge in [-0.15, -0.1) is 0 Å². The smallest absolute Gasteiger partial charge is 0.125 e. The molecule has 2 heteroatoms. The molecule has 13 heavy (non-hydrogen) atoms. The Kier molecular flexibility index (Phi) is 2.96. The van der Waals surface area contributed by atoms with Gasteiger partial charge in [0.1, 0.15) is 5.75 Å². The summed E-state index contributed by atoms with van der Waals surface area (Å²) in [6.45, 7) is 5.96.